The van der Waals surface area contributed by atoms with Gasteiger partial charge in [0.2, 0.25) is 10.0 Å². The molecule has 0 saturated carbocycles. The summed E-state index contributed by atoms with van der Waals surface area (Å²) in [6.07, 6.45) is 1.19. The van der Waals surface area contributed by atoms with E-state index in [0.29, 0.717) is 0 Å². The molecule has 0 bridgehead atoms. The van der Waals surface area contributed by atoms with Gasteiger partial charge in [0.15, 0.2) is 0 Å². The second-order valence-corrected chi connectivity index (χ2v) is 7.39. The molecule has 1 aromatic heterocycles. The number of sulfonamides is 1. The van der Waals surface area contributed by atoms with Gasteiger partial charge in [-0.25, -0.2) is 18.4 Å². The fourth-order valence-electron chi connectivity index (χ4n) is 1.77. The number of aromatic nitrogens is 1. The second kappa shape index (κ2) is 5.49. The predicted molar refractivity (Wildman–Crippen MR) is 75.1 cm³/mol. The Hall–Kier alpha value is -1.87. The Morgan fingerprint density at radius 2 is 1.90 bits per heavy atom. The number of rotatable bonds is 4. The fourth-order valence-corrected chi connectivity index (χ4v) is 2.35. The van der Waals surface area contributed by atoms with Crippen molar-refractivity contribution in [2.75, 3.05) is 0 Å². The molecule has 0 saturated heterocycles. The van der Waals surface area contributed by atoms with Crippen molar-refractivity contribution in [3.05, 3.63) is 18.0 Å². The monoisotopic (exact) mass is 317 g/mol. The molecule has 0 aliphatic heterocycles. The summed E-state index contributed by atoms with van der Waals surface area (Å²) >= 11 is 0. The minimum Gasteiger partial charge on any atom is -0.480 e. The number of primary sulfonamides is 1. The first-order chi connectivity index (χ1) is 9.34. The van der Waals surface area contributed by atoms with Crippen molar-refractivity contribution in [2.24, 2.45) is 17.6 Å². The summed E-state index contributed by atoms with van der Waals surface area (Å²) in [7, 11) is -2.46. The van der Waals surface area contributed by atoms with Crippen LogP contribution in [0.4, 0.5) is 0 Å². The molecule has 1 heterocycles. The molecule has 0 spiro atoms. The number of hydrogen-bond donors (Lipinski definition) is 3. The van der Waals surface area contributed by atoms with Crippen molar-refractivity contribution >= 4 is 21.9 Å². The maximum Gasteiger partial charge on any atom is 0.326 e. The Labute approximate surface area is 123 Å². The molecule has 4 N–H and O–H groups in total. The van der Waals surface area contributed by atoms with Crippen molar-refractivity contribution < 1.29 is 23.1 Å². The molecular weight excluding hydrogens is 298 g/mol. The molecule has 0 aliphatic carbocycles. The van der Waals surface area contributed by atoms with E-state index in [1.807, 2.05) is 0 Å². The average Bonchev–Trinajstić information content (AvgIpc) is 2.65. The van der Waals surface area contributed by atoms with Crippen LogP contribution in [0.2, 0.25) is 0 Å². The number of aryl methyl sites for hydroxylation is 1. The number of amides is 1. The van der Waals surface area contributed by atoms with Gasteiger partial charge < -0.3 is 15.0 Å². The third-order valence-electron chi connectivity index (χ3n) is 2.93. The maximum absolute atomic E-state index is 12.1. The molecule has 0 unspecified atom stereocenters. The van der Waals surface area contributed by atoms with Crippen LogP contribution < -0.4 is 10.5 Å². The van der Waals surface area contributed by atoms with E-state index in [-0.39, 0.29) is 10.6 Å². The number of nitrogens with two attached hydrogens (primary N) is 1. The molecule has 0 radical (unpaired) electrons. The van der Waals surface area contributed by atoms with E-state index in [2.05, 4.69) is 5.32 Å². The zero-order valence-electron chi connectivity index (χ0n) is 12.2. The highest BCUT2D eigenvalue weighted by molar-refractivity contribution is 7.89. The molecule has 0 aromatic carbocycles. The highest BCUT2D eigenvalue weighted by Gasteiger charge is 2.33. The van der Waals surface area contributed by atoms with E-state index in [0.717, 1.165) is 6.07 Å². The molecule has 9 heteroatoms. The highest BCUT2D eigenvalue weighted by Crippen LogP contribution is 2.20. The normalized spacial score (nSPS) is 13.8. The van der Waals surface area contributed by atoms with Crippen LogP contribution in [0.5, 0.6) is 0 Å². The molecule has 1 rings (SSSR count). The van der Waals surface area contributed by atoms with Gasteiger partial charge in [-0.3, -0.25) is 4.79 Å². The first-order valence-electron chi connectivity index (χ1n) is 6.07. The van der Waals surface area contributed by atoms with Crippen molar-refractivity contribution in [1.82, 2.24) is 9.88 Å². The van der Waals surface area contributed by atoms with E-state index in [9.17, 15) is 23.1 Å². The van der Waals surface area contributed by atoms with E-state index in [1.54, 1.807) is 20.8 Å². The molecule has 1 amide bonds. The van der Waals surface area contributed by atoms with E-state index >= 15 is 0 Å². The van der Waals surface area contributed by atoms with Gasteiger partial charge in [-0.05, 0) is 11.5 Å². The zero-order valence-corrected chi connectivity index (χ0v) is 13.1. The van der Waals surface area contributed by atoms with Gasteiger partial charge in [0.25, 0.3) is 5.91 Å². The molecule has 1 atom stereocenters. The number of nitrogens with one attached hydrogen (secondary N) is 1. The molecule has 8 nitrogen and oxygen atoms in total. The summed E-state index contributed by atoms with van der Waals surface area (Å²) in [5, 5.41) is 16.5. The lowest BCUT2D eigenvalue weighted by atomic mass is 9.86. The lowest BCUT2D eigenvalue weighted by Crippen LogP contribution is -2.49. The largest absolute Gasteiger partial charge is 0.480 e. The Morgan fingerprint density at radius 1 is 1.38 bits per heavy atom. The maximum atomic E-state index is 12.1. The molecule has 1 aromatic rings. The van der Waals surface area contributed by atoms with Gasteiger partial charge in [0, 0.05) is 13.2 Å². The van der Waals surface area contributed by atoms with E-state index in [1.165, 1.54) is 17.8 Å². The topological polar surface area (TPSA) is 131 Å². The lowest BCUT2D eigenvalue weighted by Gasteiger charge is -2.27. The van der Waals surface area contributed by atoms with Crippen LogP contribution in [-0.4, -0.2) is 36.0 Å². The Balaban J connectivity index is 3.10. The van der Waals surface area contributed by atoms with Gasteiger partial charge in [-0.2, -0.15) is 0 Å². The van der Waals surface area contributed by atoms with Crippen LogP contribution in [0, 0.1) is 5.41 Å². The third kappa shape index (κ3) is 4.05. The summed E-state index contributed by atoms with van der Waals surface area (Å²) < 4.78 is 23.8. The number of carbonyl (C=O) groups excluding carboxylic acids is 1. The zero-order chi connectivity index (χ0) is 16.6. The lowest BCUT2D eigenvalue weighted by molar-refractivity contribution is -0.142. The second-order valence-electron chi connectivity index (χ2n) is 5.83. The third-order valence-corrected chi connectivity index (χ3v) is 3.81. The minimum atomic E-state index is -3.93. The van der Waals surface area contributed by atoms with Crippen LogP contribution >= 0.6 is 0 Å². The standard InChI is InChI=1S/C12H19N3O5S/c1-12(2,3)9(11(17)18)14-10(16)8-5-7(6-15(8)4)21(13,19)20/h5-6,9H,1-4H3,(H,14,16)(H,17,18)(H2,13,19,20)/t9-/m1/s1. The van der Waals surface area contributed by atoms with E-state index < -0.39 is 33.4 Å². The molecule has 118 valence electrons. The smallest absolute Gasteiger partial charge is 0.326 e. The summed E-state index contributed by atoms with van der Waals surface area (Å²) in [6, 6.07) is -0.00971. The average molecular weight is 317 g/mol. The highest BCUT2D eigenvalue weighted by atomic mass is 32.2. The number of aliphatic carboxylic acids is 1. The molecular formula is C12H19N3O5S. The van der Waals surface area contributed by atoms with Crippen molar-refractivity contribution in [1.29, 1.82) is 0 Å². The molecule has 21 heavy (non-hydrogen) atoms. The predicted octanol–water partition coefficient (Wildman–Crippen LogP) is -0.0984. The Morgan fingerprint density at radius 3 is 2.24 bits per heavy atom. The van der Waals surface area contributed by atoms with Crippen molar-refractivity contribution in [3.8, 4) is 0 Å². The number of hydrogen-bond acceptors (Lipinski definition) is 4. The van der Waals surface area contributed by atoms with E-state index in [4.69, 9.17) is 5.14 Å². The molecule has 0 fully saturated rings. The van der Waals surface area contributed by atoms with Gasteiger partial charge in [-0.1, -0.05) is 20.8 Å². The van der Waals surface area contributed by atoms with Crippen LogP contribution in [0.1, 0.15) is 31.3 Å². The number of nitrogens with zero attached hydrogens (tertiary/aromatic N) is 1. The first kappa shape index (κ1) is 17.2. The summed E-state index contributed by atoms with van der Waals surface area (Å²) in [5.74, 6) is -1.86. The number of carbonyl (C=O) groups is 2. The number of carboxylic acid groups (broad SMARTS) is 1. The quantitative estimate of drug-likeness (QED) is 0.713. The van der Waals surface area contributed by atoms with Gasteiger partial charge >= 0.3 is 5.97 Å². The van der Waals surface area contributed by atoms with Gasteiger partial charge in [0.05, 0.1) is 0 Å². The van der Waals surface area contributed by atoms with Gasteiger partial charge in [0.1, 0.15) is 16.6 Å². The minimum absolute atomic E-state index is 0.00882. The SMILES string of the molecule is Cn1cc(S(N)(=O)=O)cc1C(=O)N[C@H](C(=O)O)C(C)(C)C. The fraction of sp³-hybridized carbons (Fsp3) is 0.500. The van der Waals surface area contributed by atoms with Crippen molar-refractivity contribution in [2.45, 2.75) is 31.7 Å². The Kier molecular flexibility index (Phi) is 4.49. The van der Waals surface area contributed by atoms with Crippen molar-refractivity contribution in [3.63, 3.8) is 0 Å². The summed E-state index contributed by atoms with van der Waals surface area (Å²) in [6.45, 7) is 5.02. The molecule has 0 aliphatic rings. The van der Waals surface area contributed by atoms with Crippen LogP contribution in [0.3, 0.4) is 0 Å². The van der Waals surface area contributed by atoms with Gasteiger partial charge in [-0.15, -0.1) is 0 Å². The summed E-state index contributed by atoms with van der Waals surface area (Å²) in [4.78, 5) is 23.2. The number of carboxylic acids is 1. The first-order valence-corrected chi connectivity index (χ1v) is 7.61. The summed E-state index contributed by atoms with van der Waals surface area (Å²) in [5.41, 5.74) is -0.690. The van der Waals surface area contributed by atoms with Crippen LogP contribution in [0.15, 0.2) is 17.2 Å². The Bertz CT molecular complexity index is 670. The van der Waals surface area contributed by atoms with Crippen LogP contribution in [-0.2, 0) is 21.9 Å². The van der Waals surface area contributed by atoms with Crippen LogP contribution in [0.25, 0.3) is 0 Å².